The number of hydroxylamine groups is 2. The summed E-state index contributed by atoms with van der Waals surface area (Å²) in [5.41, 5.74) is 0. The van der Waals surface area contributed by atoms with E-state index in [0.29, 0.717) is 11.8 Å². The van der Waals surface area contributed by atoms with Crippen LogP contribution in [0.2, 0.25) is 0 Å². The van der Waals surface area contributed by atoms with Crippen molar-refractivity contribution in [3.05, 3.63) is 22.9 Å². The normalized spacial score (nSPS) is 27.0. The Hall–Kier alpha value is -0.860. The lowest BCUT2D eigenvalue weighted by atomic mass is 10.2. The largest absolute Gasteiger partial charge is 0.623 e. The smallest absolute Gasteiger partial charge is 0.309 e. The number of hydrogen-bond donors (Lipinski definition) is 0. The van der Waals surface area contributed by atoms with Crippen molar-refractivity contribution >= 4 is 16.5 Å². The van der Waals surface area contributed by atoms with Gasteiger partial charge in [-0.05, 0) is 30.6 Å². The fraction of sp³-hybridized carbons (Fsp3) is 0.778. The van der Waals surface area contributed by atoms with E-state index in [9.17, 15) is 5.21 Å². The quantitative estimate of drug-likeness (QED) is 0.198. The molecule has 3 heterocycles. The highest BCUT2D eigenvalue weighted by molar-refractivity contribution is 7.15. The molecule has 0 bridgehead atoms. The zero-order chi connectivity index (χ0) is 17.7. The Morgan fingerprint density at radius 3 is 2.84 bits per heavy atom. The zero-order valence-electron chi connectivity index (χ0n) is 15.4. The standard InChI is InChI=1S/C18H31N5OS/c1-3-5-7-8-10-16-19-20-18(25-16)23(24)15-21(11-9-6-4-2)14-17(23)22-12-13-22/h4,17H,2-3,5-15H2,1H3. The van der Waals surface area contributed by atoms with Gasteiger partial charge in [0.25, 0.3) is 0 Å². The van der Waals surface area contributed by atoms with E-state index in [0.717, 1.165) is 56.9 Å². The lowest BCUT2D eigenvalue weighted by Crippen LogP contribution is -2.52. The molecule has 0 saturated carbocycles. The molecule has 2 saturated heterocycles. The van der Waals surface area contributed by atoms with Gasteiger partial charge < -0.3 is 5.21 Å². The summed E-state index contributed by atoms with van der Waals surface area (Å²) in [6.07, 6.45) is 9.84. The lowest BCUT2D eigenvalue weighted by molar-refractivity contribution is 0.231. The Labute approximate surface area is 155 Å². The molecule has 0 aromatic carbocycles. The lowest BCUT2D eigenvalue weighted by Gasteiger charge is -2.39. The Kier molecular flexibility index (Phi) is 6.57. The van der Waals surface area contributed by atoms with Gasteiger partial charge in [0.05, 0.1) is 6.54 Å². The van der Waals surface area contributed by atoms with Crippen LogP contribution in [-0.4, -0.2) is 59.0 Å². The Balaban J connectivity index is 1.63. The SMILES string of the molecule is C=CCCCN1CC(N2CC2)[N+]([O-])(c2nnc(CCCCCC)s2)C1. The van der Waals surface area contributed by atoms with E-state index in [-0.39, 0.29) is 10.8 Å². The van der Waals surface area contributed by atoms with E-state index in [1.165, 1.54) is 30.6 Å². The number of nitrogens with zero attached hydrogens (tertiary/aromatic N) is 5. The highest BCUT2D eigenvalue weighted by Crippen LogP contribution is 2.37. The van der Waals surface area contributed by atoms with E-state index in [4.69, 9.17) is 0 Å². The van der Waals surface area contributed by atoms with Crippen molar-refractivity contribution in [3.8, 4) is 0 Å². The van der Waals surface area contributed by atoms with Crippen LogP contribution < -0.4 is 4.65 Å². The summed E-state index contributed by atoms with van der Waals surface area (Å²) in [4.78, 5) is 4.57. The number of rotatable bonds is 11. The maximum absolute atomic E-state index is 13.7. The molecule has 0 aliphatic carbocycles. The van der Waals surface area contributed by atoms with E-state index in [1.54, 1.807) is 0 Å². The predicted molar refractivity (Wildman–Crippen MR) is 104 cm³/mol. The number of allylic oxidation sites excluding steroid dienone is 1. The van der Waals surface area contributed by atoms with Crippen molar-refractivity contribution in [3.63, 3.8) is 0 Å². The van der Waals surface area contributed by atoms with Crippen molar-refractivity contribution in [1.82, 2.24) is 24.6 Å². The average Bonchev–Trinajstić information content (AvgIpc) is 3.22. The highest BCUT2D eigenvalue weighted by Gasteiger charge is 2.49. The average molecular weight is 366 g/mol. The van der Waals surface area contributed by atoms with Crippen LogP contribution in [0.15, 0.2) is 12.7 Å². The van der Waals surface area contributed by atoms with Crippen LogP contribution in [-0.2, 0) is 6.42 Å². The van der Waals surface area contributed by atoms with Gasteiger partial charge in [-0.2, -0.15) is 0 Å². The molecule has 6 nitrogen and oxygen atoms in total. The van der Waals surface area contributed by atoms with Gasteiger partial charge in [0.2, 0.25) is 0 Å². The Bertz CT molecular complexity index is 561. The van der Waals surface area contributed by atoms with Crippen molar-refractivity contribution in [2.75, 3.05) is 32.8 Å². The third-order valence-electron chi connectivity index (χ3n) is 5.12. The number of aromatic nitrogens is 2. The second kappa shape index (κ2) is 8.68. The van der Waals surface area contributed by atoms with Crippen LogP contribution in [0.5, 0.6) is 0 Å². The van der Waals surface area contributed by atoms with Gasteiger partial charge in [0, 0.05) is 26.1 Å². The summed E-state index contributed by atoms with van der Waals surface area (Å²) >= 11 is 1.53. The molecule has 2 fully saturated rings. The molecule has 25 heavy (non-hydrogen) atoms. The number of aryl methyl sites for hydroxylation is 1. The van der Waals surface area contributed by atoms with Gasteiger partial charge >= 0.3 is 5.13 Å². The molecular weight excluding hydrogens is 334 g/mol. The van der Waals surface area contributed by atoms with E-state index < -0.39 is 0 Å². The molecule has 0 amide bonds. The van der Waals surface area contributed by atoms with Crippen LogP contribution in [0.4, 0.5) is 5.13 Å². The summed E-state index contributed by atoms with van der Waals surface area (Å²) in [6, 6.07) is 0. The summed E-state index contributed by atoms with van der Waals surface area (Å²) in [5, 5.41) is 24.0. The van der Waals surface area contributed by atoms with Gasteiger partial charge in [0.1, 0.15) is 11.7 Å². The molecule has 1 aromatic heterocycles. The predicted octanol–water partition coefficient (Wildman–Crippen LogP) is 3.35. The van der Waals surface area contributed by atoms with E-state index >= 15 is 0 Å². The topological polar surface area (TPSA) is 55.1 Å². The zero-order valence-corrected chi connectivity index (χ0v) is 16.2. The van der Waals surface area contributed by atoms with Crippen molar-refractivity contribution < 1.29 is 0 Å². The first-order chi connectivity index (χ1) is 12.2. The third kappa shape index (κ3) is 4.65. The summed E-state index contributed by atoms with van der Waals surface area (Å²) in [6.45, 7) is 10.4. The molecule has 140 valence electrons. The fourth-order valence-electron chi connectivity index (χ4n) is 3.56. The van der Waals surface area contributed by atoms with Crippen LogP contribution in [0.25, 0.3) is 0 Å². The molecule has 7 heteroatoms. The highest BCUT2D eigenvalue weighted by atomic mass is 32.1. The maximum atomic E-state index is 13.7. The molecule has 0 N–H and O–H groups in total. The summed E-state index contributed by atoms with van der Waals surface area (Å²) in [5.74, 6) is 0. The van der Waals surface area contributed by atoms with E-state index in [1.807, 2.05) is 6.08 Å². The van der Waals surface area contributed by atoms with E-state index in [2.05, 4.69) is 33.5 Å². The van der Waals surface area contributed by atoms with Gasteiger partial charge in [-0.3, -0.25) is 4.65 Å². The molecule has 3 rings (SSSR count). The van der Waals surface area contributed by atoms with Crippen molar-refractivity contribution in [2.45, 2.75) is 58.0 Å². The summed E-state index contributed by atoms with van der Waals surface area (Å²) < 4.78 is -0.333. The van der Waals surface area contributed by atoms with Gasteiger partial charge in [0.15, 0.2) is 6.17 Å². The third-order valence-corrected chi connectivity index (χ3v) is 6.22. The second-order valence-corrected chi connectivity index (χ2v) is 8.29. The molecule has 2 aliphatic heterocycles. The molecule has 2 unspecified atom stereocenters. The number of quaternary nitrogens is 1. The first-order valence-electron chi connectivity index (χ1n) is 9.66. The van der Waals surface area contributed by atoms with Crippen LogP contribution in [0.3, 0.4) is 0 Å². The molecule has 2 atom stereocenters. The van der Waals surface area contributed by atoms with Crippen LogP contribution in [0, 0.1) is 5.21 Å². The molecule has 1 aromatic rings. The first-order valence-corrected chi connectivity index (χ1v) is 10.5. The van der Waals surface area contributed by atoms with Crippen molar-refractivity contribution in [2.24, 2.45) is 0 Å². The minimum absolute atomic E-state index is 0.00961. The molecule has 2 aliphatic rings. The fourth-order valence-corrected chi connectivity index (χ4v) is 4.51. The first kappa shape index (κ1) is 18.9. The summed E-state index contributed by atoms with van der Waals surface area (Å²) in [7, 11) is 0. The number of hydrogen-bond acceptors (Lipinski definition) is 6. The van der Waals surface area contributed by atoms with Crippen molar-refractivity contribution in [1.29, 1.82) is 0 Å². The Morgan fingerprint density at radius 2 is 2.12 bits per heavy atom. The maximum Gasteiger partial charge on any atom is 0.309 e. The minimum atomic E-state index is -0.333. The van der Waals surface area contributed by atoms with Crippen LogP contribution in [0.1, 0.15) is 50.5 Å². The second-order valence-electron chi connectivity index (χ2n) is 7.25. The molecule has 0 spiro atoms. The molecule has 0 radical (unpaired) electrons. The molecular formula is C18H31N5OS. The van der Waals surface area contributed by atoms with Crippen LogP contribution >= 0.6 is 11.3 Å². The Morgan fingerprint density at radius 1 is 1.28 bits per heavy atom. The van der Waals surface area contributed by atoms with Gasteiger partial charge in [-0.25, -0.2) is 9.80 Å². The monoisotopic (exact) mass is 365 g/mol. The minimum Gasteiger partial charge on any atom is -0.623 e. The number of unbranched alkanes of at least 4 members (excludes halogenated alkanes) is 4. The van der Waals surface area contributed by atoms with Gasteiger partial charge in [-0.15, -0.1) is 11.7 Å². The van der Waals surface area contributed by atoms with Gasteiger partial charge in [-0.1, -0.05) is 37.4 Å².